The Morgan fingerprint density at radius 2 is 2.06 bits per heavy atom. The minimum absolute atomic E-state index is 0.179. The number of alkyl halides is 1. The number of hydrogen-bond donors (Lipinski definition) is 0. The van der Waals surface area contributed by atoms with Crippen molar-refractivity contribution in [2.24, 2.45) is 0 Å². The minimum Gasteiger partial charge on any atom is -0.324 e. The first-order valence-electron chi connectivity index (χ1n) is 5.62. The molecule has 0 aliphatic carbocycles. The largest absolute Gasteiger partial charge is 0.324 e. The van der Waals surface area contributed by atoms with Gasteiger partial charge in [-0.15, -0.1) is 11.6 Å². The number of imidazole rings is 1. The van der Waals surface area contributed by atoms with Gasteiger partial charge in [-0.05, 0) is 26.0 Å². The molecule has 98 valence electrons. The second-order valence-electron chi connectivity index (χ2n) is 4.52. The molecule has 0 N–H and O–H groups in total. The molecule has 1 aromatic heterocycles. The third-order valence-electron chi connectivity index (χ3n) is 2.79. The van der Waals surface area contributed by atoms with Gasteiger partial charge in [-0.1, -0.05) is 6.07 Å². The molecule has 18 heavy (non-hydrogen) atoms. The van der Waals surface area contributed by atoms with Gasteiger partial charge in [-0.25, -0.2) is 13.4 Å². The molecular weight excluding hydrogens is 272 g/mol. The Balaban J connectivity index is 2.89. The first kappa shape index (κ1) is 13.4. The average Bonchev–Trinajstić information content (AvgIpc) is 2.65. The first-order chi connectivity index (χ1) is 8.36. The second-order valence-corrected chi connectivity index (χ2v) is 6.77. The summed E-state index contributed by atoms with van der Waals surface area (Å²) in [5.74, 6) is 0.952. The normalized spacial score (nSPS) is 12.5. The Hall–Kier alpha value is -1.07. The topological polar surface area (TPSA) is 52.0 Å². The maximum atomic E-state index is 11.7. The van der Waals surface area contributed by atoms with E-state index in [2.05, 4.69) is 4.98 Å². The zero-order chi connectivity index (χ0) is 13.5. The molecule has 6 heteroatoms. The van der Waals surface area contributed by atoms with Crippen LogP contribution in [0, 0.1) is 0 Å². The van der Waals surface area contributed by atoms with Gasteiger partial charge in [0.2, 0.25) is 0 Å². The van der Waals surface area contributed by atoms with E-state index in [1.165, 1.54) is 6.26 Å². The first-order valence-corrected chi connectivity index (χ1v) is 8.04. The number of para-hydroxylation sites is 1. The van der Waals surface area contributed by atoms with Crippen molar-refractivity contribution in [2.45, 2.75) is 30.7 Å². The summed E-state index contributed by atoms with van der Waals surface area (Å²) in [4.78, 5) is 4.63. The maximum absolute atomic E-state index is 11.7. The van der Waals surface area contributed by atoms with E-state index in [9.17, 15) is 8.42 Å². The summed E-state index contributed by atoms with van der Waals surface area (Å²) in [5.41, 5.74) is 1.31. The Morgan fingerprint density at radius 1 is 1.39 bits per heavy atom. The molecule has 2 aromatic rings. The predicted octanol–water partition coefficient (Wildman–Crippen LogP) is 2.76. The molecule has 0 aliphatic heterocycles. The third kappa shape index (κ3) is 2.12. The van der Waals surface area contributed by atoms with E-state index < -0.39 is 9.84 Å². The summed E-state index contributed by atoms with van der Waals surface area (Å²) >= 11 is 5.88. The van der Waals surface area contributed by atoms with E-state index in [4.69, 9.17) is 11.6 Å². The Labute approximate surface area is 112 Å². The number of aromatic nitrogens is 2. The number of benzene rings is 1. The lowest BCUT2D eigenvalue weighted by Crippen LogP contribution is -2.04. The molecule has 1 aromatic carbocycles. The van der Waals surface area contributed by atoms with Crippen molar-refractivity contribution in [3.8, 4) is 0 Å². The number of rotatable bonds is 3. The lowest BCUT2D eigenvalue weighted by Gasteiger charge is -2.11. The van der Waals surface area contributed by atoms with Crippen LogP contribution in [0.1, 0.15) is 25.7 Å². The van der Waals surface area contributed by atoms with Crippen molar-refractivity contribution in [2.75, 3.05) is 6.26 Å². The van der Waals surface area contributed by atoms with Gasteiger partial charge in [-0.2, -0.15) is 0 Å². The second kappa shape index (κ2) is 4.55. The van der Waals surface area contributed by atoms with Crippen LogP contribution in [0.2, 0.25) is 0 Å². The quantitative estimate of drug-likeness (QED) is 0.815. The molecule has 2 rings (SSSR count). The SMILES string of the molecule is CC(C)n1c(CCl)nc2c(S(C)(=O)=O)cccc21. The average molecular weight is 287 g/mol. The van der Waals surface area contributed by atoms with Gasteiger partial charge in [0.15, 0.2) is 9.84 Å². The molecule has 0 saturated carbocycles. The molecule has 0 radical (unpaired) electrons. The van der Waals surface area contributed by atoms with Crippen LogP contribution in [-0.4, -0.2) is 24.2 Å². The molecule has 0 bridgehead atoms. The predicted molar refractivity (Wildman–Crippen MR) is 72.8 cm³/mol. The van der Waals surface area contributed by atoms with Gasteiger partial charge in [-0.3, -0.25) is 0 Å². The number of fused-ring (bicyclic) bond motifs is 1. The summed E-state index contributed by atoms with van der Waals surface area (Å²) in [5, 5.41) is 0. The van der Waals surface area contributed by atoms with E-state index in [0.717, 1.165) is 5.52 Å². The fourth-order valence-electron chi connectivity index (χ4n) is 2.11. The highest BCUT2D eigenvalue weighted by Crippen LogP contribution is 2.27. The van der Waals surface area contributed by atoms with E-state index in [-0.39, 0.29) is 16.8 Å². The molecular formula is C12H15ClN2O2S. The highest BCUT2D eigenvalue weighted by Gasteiger charge is 2.19. The summed E-state index contributed by atoms with van der Waals surface area (Å²) in [6, 6.07) is 5.36. The van der Waals surface area contributed by atoms with Crippen LogP contribution in [0.15, 0.2) is 23.1 Å². The minimum atomic E-state index is -3.29. The highest BCUT2D eigenvalue weighted by molar-refractivity contribution is 7.91. The van der Waals surface area contributed by atoms with Gasteiger partial charge >= 0.3 is 0 Å². The monoisotopic (exact) mass is 286 g/mol. The fraction of sp³-hybridized carbons (Fsp3) is 0.417. The summed E-state index contributed by atoms with van der Waals surface area (Å²) < 4.78 is 25.5. The van der Waals surface area contributed by atoms with Gasteiger partial charge in [0.1, 0.15) is 11.3 Å². The molecule has 0 amide bonds. The van der Waals surface area contributed by atoms with Crippen molar-refractivity contribution < 1.29 is 8.42 Å². The van der Waals surface area contributed by atoms with Crippen molar-refractivity contribution in [3.05, 3.63) is 24.0 Å². The molecule has 0 unspecified atom stereocenters. The van der Waals surface area contributed by atoms with Gasteiger partial charge in [0.25, 0.3) is 0 Å². The number of hydrogen-bond acceptors (Lipinski definition) is 3. The zero-order valence-corrected chi connectivity index (χ0v) is 12.1. The van der Waals surface area contributed by atoms with Crippen molar-refractivity contribution in [3.63, 3.8) is 0 Å². The third-order valence-corrected chi connectivity index (χ3v) is 4.16. The molecule has 0 atom stereocenters. The summed E-state index contributed by atoms with van der Waals surface area (Å²) in [7, 11) is -3.29. The number of sulfone groups is 1. The van der Waals surface area contributed by atoms with Crippen molar-refractivity contribution in [1.82, 2.24) is 9.55 Å². The number of nitrogens with zero attached hydrogens (tertiary/aromatic N) is 2. The van der Waals surface area contributed by atoms with Crippen LogP contribution in [0.25, 0.3) is 11.0 Å². The van der Waals surface area contributed by atoms with Gasteiger partial charge in [0.05, 0.1) is 16.3 Å². The molecule has 0 spiro atoms. The lowest BCUT2D eigenvalue weighted by molar-refractivity contribution is 0.596. The van der Waals surface area contributed by atoms with Crippen LogP contribution >= 0.6 is 11.6 Å². The smallest absolute Gasteiger partial charge is 0.177 e. The lowest BCUT2D eigenvalue weighted by atomic mass is 10.3. The van der Waals surface area contributed by atoms with E-state index in [1.54, 1.807) is 12.1 Å². The van der Waals surface area contributed by atoms with Crippen LogP contribution in [0.4, 0.5) is 0 Å². The molecule has 1 heterocycles. The fourth-order valence-corrected chi connectivity index (χ4v) is 3.12. The summed E-state index contributed by atoms with van der Waals surface area (Å²) in [6.45, 7) is 4.04. The van der Waals surface area contributed by atoms with Crippen molar-refractivity contribution >= 4 is 32.5 Å². The Morgan fingerprint density at radius 3 is 2.56 bits per heavy atom. The van der Waals surface area contributed by atoms with Crippen LogP contribution in [-0.2, 0) is 15.7 Å². The van der Waals surface area contributed by atoms with E-state index >= 15 is 0 Å². The van der Waals surface area contributed by atoms with E-state index in [1.807, 2.05) is 24.5 Å². The van der Waals surface area contributed by atoms with Crippen LogP contribution in [0.3, 0.4) is 0 Å². The maximum Gasteiger partial charge on any atom is 0.177 e. The standard InChI is InChI=1S/C12H15ClN2O2S/c1-8(2)15-9-5-4-6-10(18(3,16)17)12(9)14-11(15)7-13/h4-6,8H,7H2,1-3H3. The molecule has 0 aliphatic rings. The van der Waals surface area contributed by atoms with Crippen LogP contribution < -0.4 is 0 Å². The van der Waals surface area contributed by atoms with Crippen molar-refractivity contribution in [1.29, 1.82) is 0 Å². The molecule has 0 saturated heterocycles. The molecule has 4 nitrogen and oxygen atoms in total. The Kier molecular flexibility index (Phi) is 3.38. The highest BCUT2D eigenvalue weighted by atomic mass is 35.5. The van der Waals surface area contributed by atoms with Gasteiger partial charge < -0.3 is 4.57 Å². The Bertz CT molecular complexity index is 689. The van der Waals surface area contributed by atoms with Crippen LogP contribution in [0.5, 0.6) is 0 Å². The summed E-state index contributed by atoms with van der Waals surface area (Å²) in [6.07, 6.45) is 1.19. The molecule has 0 fully saturated rings. The van der Waals surface area contributed by atoms with E-state index in [0.29, 0.717) is 11.3 Å². The van der Waals surface area contributed by atoms with Gasteiger partial charge in [0, 0.05) is 12.3 Å². The zero-order valence-electron chi connectivity index (χ0n) is 10.5. The number of halogens is 1.